The van der Waals surface area contributed by atoms with E-state index in [1.54, 1.807) is 12.4 Å². The zero-order chi connectivity index (χ0) is 38.0. The molecule has 3 saturated heterocycles. The zero-order valence-corrected chi connectivity index (χ0v) is 33.3. The van der Waals surface area contributed by atoms with E-state index in [-0.39, 0.29) is 6.61 Å². The average Bonchev–Trinajstić information content (AvgIpc) is 3.21. The van der Waals surface area contributed by atoms with Crippen molar-refractivity contribution in [2.75, 3.05) is 52.5 Å². The number of benzene rings is 3. The summed E-state index contributed by atoms with van der Waals surface area (Å²) >= 11 is 6.91. The van der Waals surface area contributed by atoms with E-state index in [9.17, 15) is 5.26 Å². The Balaban J connectivity index is 0.994. The highest BCUT2D eigenvalue weighted by molar-refractivity contribution is 6.32. The Morgan fingerprint density at radius 1 is 0.764 bits per heavy atom. The minimum absolute atomic E-state index is 0.287. The highest BCUT2D eigenvalue weighted by atomic mass is 35.5. The Hall–Kier alpha value is -4.13. The molecule has 290 valence electrons. The van der Waals surface area contributed by atoms with Gasteiger partial charge >= 0.3 is 0 Å². The van der Waals surface area contributed by atoms with Crippen molar-refractivity contribution in [3.05, 3.63) is 105 Å². The smallest absolute Gasteiger partial charge is 0.142 e. The lowest BCUT2D eigenvalue weighted by molar-refractivity contribution is -0.0209. The molecule has 3 aliphatic heterocycles. The summed E-state index contributed by atoms with van der Waals surface area (Å²) in [5.74, 6) is 2.24. The fourth-order valence-electron chi connectivity index (χ4n) is 8.47. The van der Waals surface area contributed by atoms with Crippen molar-refractivity contribution in [3.8, 4) is 34.4 Å². The summed E-state index contributed by atoms with van der Waals surface area (Å²) in [4.78, 5) is 9.27. The Bertz CT molecular complexity index is 1940. The molecular weight excluding hydrogens is 708 g/mol. The minimum Gasteiger partial charge on any atom is -0.493 e. The van der Waals surface area contributed by atoms with Gasteiger partial charge in [-0.25, -0.2) is 0 Å². The second-order valence-electron chi connectivity index (χ2n) is 15.7. The first-order valence-electron chi connectivity index (χ1n) is 20.2. The molecule has 0 saturated carbocycles. The standard InChI is InChI=1S/C46H55ClN4O4/c1-34-38(33-55-45-27-44(54-32-37-25-36(28-48)29-49-30-37)39(26-42(45)47)31-51-17-4-3-5-18-51)9-6-10-40(34)41-11-7-12-43(35(41)2)53-22-8-19-50-20-13-46(14-21-50)15-23-52-24-16-46/h6-7,9-12,25-27,29-30H,3-5,8,13-24,31-33H2,1-2H3. The SMILES string of the molecule is Cc1c(COc2cc(OCc3cncc(C#N)c3)c(CN3CCCCC3)cc2Cl)cccc1-c1cccc(OCCCN2CCC3(CCOCC3)CC2)c1C. The van der Waals surface area contributed by atoms with Gasteiger partial charge in [0, 0.05) is 55.9 Å². The van der Waals surface area contributed by atoms with E-state index in [4.69, 9.17) is 30.5 Å². The molecule has 3 aromatic carbocycles. The molecule has 8 nitrogen and oxygen atoms in total. The van der Waals surface area contributed by atoms with E-state index in [0.717, 1.165) is 85.1 Å². The van der Waals surface area contributed by atoms with Crippen LogP contribution in [-0.2, 0) is 24.5 Å². The van der Waals surface area contributed by atoms with Crippen molar-refractivity contribution in [3.63, 3.8) is 0 Å². The maximum atomic E-state index is 9.35. The fourth-order valence-corrected chi connectivity index (χ4v) is 8.71. The molecule has 0 bridgehead atoms. The predicted molar refractivity (Wildman–Crippen MR) is 218 cm³/mol. The normalized spacial score (nSPS) is 17.5. The summed E-state index contributed by atoms with van der Waals surface area (Å²) < 4.78 is 24.9. The third-order valence-electron chi connectivity index (χ3n) is 12.0. The van der Waals surface area contributed by atoms with Crippen LogP contribution < -0.4 is 14.2 Å². The zero-order valence-electron chi connectivity index (χ0n) is 32.6. The number of nitriles is 1. The summed E-state index contributed by atoms with van der Waals surface area (Å²) in [6.45, 7) is 13.9. The lowest BCUT2D eigenvalue weighted by Crippen LogP contribution is -2.43. The Kier molecular flexibility index (Phi) is 13.3. The van der Waals surface area contributed by atoms with Gasteiger partial charge in [-0.1, -0.05) is 48.4 Å². The Morgan fingerprint density at radius 3 is 2.29 bits per heavy atom. The monoisotopic (exact) mass is 762 g/mol. The molecule has 0 aliphatic carbocycles. The molecule has 0 atom stereocenters. The third kappa shape index (κ3) is 10.0. The number of halogens is 1. The minimum atomic E-state index is 0.287. The predicted octanol–water partition coefficient (Wildman–Crippen LogP) is 9.70. The Morgan fingerprint density at radius 2 is 1.51 bits per heavy atom. The molecular formula is C46H55ClN4O4. The van der Waals surface area contributed by atoms with Gasteiger partial charge in [0.2, 0.25) is 0 Å². The molecule has 9 heteroatoms. The third-order valence-corrected chi connectivity index (χ3v) is 12.3. The van der Waals surface area contributed by atoms with Crippen LogP contribution in [0.15, 0.2) is 67.0 Å². The van der Waals surface area contributed by atoms with Crippen molar-refractivity contribution in [1.29, 1.82) is 5.26 Å². The first-order chi connectivity index (χ1) is 26.9. The first-order valence-corrected chi connectivity index (χ1v) is 20.5. The van der Waals surface area contributed by atoms with Crippen LogP contribution >= 0.6 is 11.6 Å². The van der Waals surface area contributed by atoms with Crippen molar-refractivity contribution in [2.45, 2.75) is 85.0 Å². The van der Waals surface area contributed by atoms with Gasteiger partial charge in [-0.05, 0) is 136 Å². The van der Waals surface area contributed by atoms with Crippen molar-refractivity contribution < 1.29 is 18.9 Å². The number of hydrogen-bond donors (Lipinski definition) is 0. The maximum absolute atomic E-state index is 9.35. The van der Waals surface area contributed by atoms with Gasteiger partial charge in [0.15, 0.2) is 0 Å². The number of nitrogens with zero attached hydrogens (tertiary/aromatic N) is 4. The summed E-state index contributed by atoms with van der Waals surface area (Å²) in [5, 5.41) is 9.91. The van der Waals surface area contributed by atoms with Gasteiger partial charge in [0.05, 0.1) is 17.2 Å². The summed E-state index contributed by atoms with van der Waals surface area (Å²) in [6.07, 6.45) is 13.0. The molecule has 4 aromatic rings. The van der Waals surface area contributed by atoms with Crippen molar-refractivity contribution >= 4 is 11.6 Å². The largest absolute Gasteiger partial charge is 0.493 e. The topological polar surface area (TPSA) is 80.1 Å². The van der Waals surface area contributed by atoms with E-state index in [2.05, 4.69) is 71.1 Å². The highest BCUT2D eigenvalue weighted by Crippen LogP contribution is 2.41. The van der Waals surface area contributed by atoms with Gasteiger partial charge < -0.3 is 23.8 Å². The quantitative estimate of drug-likeness (QED) is 0.118. The van der Waals surface area contributed by atoms with E-state index in [1.807, 2.05) is 18.2 Å². The lowest BCUT2D eigenvalue weighted by Gasteiger charge is -2.44. The van der Waals surface area contributed by atoms with E-state index in [0.29, 0.717) is 35.0 Å². The van der Waals surface area contributed by atoms with Crippen LogP contribution in [0.1, 0.15) is 84.7 Å². The number of pyridine rings is 1. The molecule has 1 aromatic heterocycles. The molecule has 55 heavy (non-hydrogen) atoms. The highest BCUT2D eigenvalue weighted by Gasteiger charge is 2.35. The molecule has 0 amide bonds. The van der Waals surface area contributed by atoms with E-state index >= 15 is 0 Å². The summed E-state index contributed by atoms with van der Waals surface area (Å²) in [6, 6.07) is 20.6. The summed E-state index contributed by atoms with van der Waals surface area (Å²) in [5.41, 5.74) is 8.62. The van der Waals surface area contributed by atoms with Gasteiger partial charge in [0.1, 0.15) is 36.5 Å². The second kappa shape index (κ2) is 18.7. The number of aromatic nitrogens is 1. The number of rotatable bonds is 14. The van der Waals surface area contributed by atoms with E-state index in [1.165, 1.54) is 69.2 Å². The van der Waals surface area contributed by atoms with Crippen LogP contribution in [0.4, 0.5) is 0 Å². The van der Waals surface area contributed by atoms with Crippen LogP contribution in [-0.4, -0.2) is 67.3 Å². The van der Waals surface area contributed by atoms with Crippen molar-refractivity contribution in [2.24, 2.45) is 5.41 Å². The summed E-state index contributed by atoms with van der Waals surface area (Å²) in [7, 11) is 0. The van der Waals surface area contributed by atoms with Crippen LogP contribution in [0.3, 0.4) is 0 Å². The Labute approximate surface area is 332 Å². The maximum Gasteiger partial charge on any atom is 0.142 e. The van der Waals surface area contributed by atoms with Crippen LogP contribution in [0.5, 0.6) is 17.2 Å². The van der Waals surface area contributed by atoms with Crippen LogP contribution in [0.25, 0.3) is 11.1 Å². The molecule has 0 N–H and O–H groups in total. The second-order valence-corrected chi connectivity index (χ2v) is 16.1. The number of hydrogen-bond acceptors (Lipinski definition) is 8. The number of piperidine rings is 2. The number of ether oxygens (including phenoxy) is 4. The number of likely N-dealkylation sites (tertiary alicyclic amines) is 2. The van der Waals surface area contributed by atoms with Crippen molar-refractivity contribution in [1.82, 2.24) is 14.8 Å². The molecule has 1 spiro atoms. The molecule has 3 fully saturated rings. The van der Waals surface area contributed by atoms with Crippen LogP contribution in [0, 0.1) is 30.6 Å². The lowest BCUT2D eigenvalue weighted by atomic mass is 9.72. The molecule has 4 heterocycles. The van der Waals surface area contributed by atoms with Gasteiger partial charge in [-0.15, -0.1) is 0 Å². The van der Waals surface area contributed by atoms with E-state index < -0.39 is 0 Å². The van der Waals surface area contributed by atoms with Gasteiger partial charge in [-0.2, -0.15) is 5.26 Å². The van der Waals surface area contributed by atoms with Gasteiger partial charge in [0.25, 0.3) is 0 Å². The van der Waals surface area contributed by atoms with Gasteiger partial charge in [-0.3, -0.25) is 9.88 Å². The molecule has 7 rings (SSSR count). The first kappa shape index (κ1) is 39.1. The fraction of sp³-hybridized carbons (Fsp3) is 0.478. The molecule has 3 aliphatic rings. The van der Waals surface area contributed by atoms with Crippen LogP contribution in [0.2, 0.25) is 5.02 Å². The molecule has 0 unspecified atom stereocenters. The molecule has 0 radical (unpaired) electrons. The average molecular weight is 763 g/mol.